The van der Waals surface area contributed by atoms with Crippen molar-refractivity contribution >= 4 is 15.8 Å². The summed E-state index contributed by atoms with van der Waals surface area (Å²) in [7, 11) is -6.09. The molecule has 0 radical (unpaired) electrons. The predicted molar refractivity (Wildman–Crippen MR) is 81.3 cm³/mol. The Kier molecular flexibility index (Phi) is 9.61. The van der Waals surface area contributed by atoms with Crippen LogP contribution >= 0.6 is 0 Å². The van der Waals surface area contributed by atoms with Gasteiger partial charge in [0.15, 0.2) is 19.5 Å². The highest BCUT2D eigenvalue weighted by Gasteiger charge is 2.37. The van der Waals surface area contributed by atoms with Gasteiger partial charge < -0.3 is 10.0 Å². The highest BCUT2D eigenvalue weighted by atomic mass is 127. The van der Waals surface area contributed by atoms with E-state index in [0.717, 1.165) is 30.3 Å². The van der Waals surface area contributed by atoms with E-state index in [1.165, 1.54) is 12.1 Å². The van der Waals surface area contributed by atoms with Crippen LogP contribution in [0.3, 0.4) is 0 Å². The van der Waals surface area contributed by atoms with Gasteiger partial charge in [-0.25, -0.2) is 12.8 Å². The fourth-order valence-corrected chi connectivity index (χ4v) is 3.79. The highest BCUT2D eigenvalue weighted by Crippen LogP contribution is 2.28. The molecule has 0 aliphatic heterocycles. The van der Waals surface area contributed by atoms with E-state index in [1.807, 2.05) is 0 Å². The lowest BCUT2D eigenvalue weighted by Gasteiger charge is -2.08. The van der Waals surface area contributed by atoms with Gasteiger partial charge in [-0.2, -0.15) is 26.3 Å². The zero-order valence-electron chi connectivity index (χ0n) is 14.0. The number of non-ortho nitro benzene ring substituents is 1. The monoisotopic (exact) mass is 579 g/mol. The standard InChI is InChI=1S/C13H7F4INO2.CHF3O3S.H2O/c14-11-6-5-10(19(20)21)7-12(11)18-9-3-1-8(2-4-9)13(15,16)17;2-1(3,4)8(5,6)7;/h1-7H;(H,5,6,7);1H2/q+1;;/p-1. The molecule has 0 bridgehead atoms. The summed E-state index contributed by atoms with van der Waals surface area (Å²) in [5.74, 6) is -0.590. The Labute approximate surface area is 174 Å². The van der Waals surface area contributed by atoms with Gasteiger partial charge >= 0.3 is 32.9 Å². The highest BCUT2D eigenvalue weighted by molar-refractivity contribution is 7.86. The molecular weight excluding hydrogens is 570 g/mol. The topological polar surface area (TPSA) is 132 Å². The van der Waals surface area contributed by atoms with Crippen LogP contribution in [0.15, 0.2) is 42.5 Å². The normalized spacial score (nSPS) is 11.7. The second kappa shape index (κ2) is 10.3. The first kappa shape index (κ1) is 27.9. The number of hydrogen-bond acceptors (Lipinski definition) is 5. The number of halogens is 8. The number of alkyl halides is 6. The van der Waals surface area contributed by atoms with Crippen molar-refractivity contribution < 1.29 is 75.3 Å². The molecule has 0 atom stereocenters. The van der Waals surface area contributed by atoms with E-state index >= 15 is 0 Å². The first-order chi connectivity index (χ1) is 13.0. The quantitative estimate of drug-likeness (QED) is 0.127. The van der Waals surface area contributed by atoms with Gasteiger partial charge in [0.1, 0.15) is 0 Å². The number of nitro benzene ring substituents is 1. The zero-order valence-corrected chi connectivity index (χ0v) is 16.9. The summed E-state index contributed by atoms with van der Waals surface area (Å²) in [4.78, 5) is 10.0. The first-order valence-electron chi connectivity index (χ1n) is 6.80. The Bertz CT molecular complexity index is 978. The van der Waals surface area contributed by atoms with E-state index in [4.69, 9.17) is 13.0 Å². The number of nitrogens with zero attached hydrogens (tertiary/aromatic N) is 1. The van der Waals surface area contributed by atoms with E-state index in [0.29, 0.717) is 3.57 Å². The number of hydrogen-bond donors (Lipinski definition) is 0. The van der Waals surface area contributed by atoms with Gasteiger partial charge in [-0.1, -0.05) is 0 Å². The number of benzene rings is 2. The molecule has 2 aromatic rings. The van der Waals surface area contributed by atoms with Crippen molar-refractivity contribution in [3.63, 3.8) is 0 Å². The molecule has 0 heterocycles. The van der Waals surface area contributed by atoms with Crippen molar-refractivity contribution in [2.75, 3.05) is 0 Å². The van der Waals surface area contributed by atoms with Gasteiger partial charge in [0.05, 0.1) is 16.6 Å². The van der Waals surface area contributed by atoms with Gasteiger partial charge in [0.25, 0.3) is 5.69 Å². The molecule has 0 saturated carbocycles. The van der Waals surface area contributed by atoms with E-state index < -0.39 is 59.3 Å². The summed E-state index contributed by atoms with van der Waals surface area (Å²) < 4.78 is 111. The van der Waals surface area contributed by atoms with Crippen molar-refractivity contribution in [3.8, 4) is 0 Å². The van der Waals surface area contributed by atoms with E-state index in [1.54, 1.807) is 0 Å². The number of nitro groups is 1. The Morgan fingerprint density at radius 1 is 0.933 bits per heavy atom. The van der Waals surface area contributed by atoms with Crippen molar-refractivity contribution in [1.29, 1.82) is 0 Å². The van der Waals surface area contributed by atoms with Crippen LogP contribution in [0.1, 0.15) is 5.56 Å². The molecule has 16 heteroatoms. The largest absolute Gasteiger partial charge is 0.741 e. The third kappa shape index (κ3) is 8.36. The molecule has 0 amide bonds. The molecule has 7 nitrogen and oxygen atoms in total. The Hall–Kier alpha value is -2.05. The van der Waals surface area contributed by atoms with Gasteiger partial charge in [-0.3, -0.25) is 10.1 Å². The molecule has 0 fully saturated rings. The van der Waals surface area contributed by atoms with Crippen LogP contribution in [-0.2, 0) is 16.3 Å². The minimum absolute atomic E-state index is 0. The van der Waals surface area contributed by atoms with Crippen LogP contribution < -0.4 is 21.2 Å². The molecule has 0 aliphatic rings. The maximum atomic E-state index is 13.6. The van der Waals surface area contributed by atoms with Gasteiger partial charge in [0, 0.05) is 6.07 Å². The smallest absolute Gasteiger partial charge is 0.485 e. The fourth-order valence-electron chi connectivity index (χ4n) is 1.49. The average Bonchev–Trinajstić information content (AvgIpc) is 2.55. The summed E-state index contributed by atoms with van der Waals surface area (Å²) in [6.45, 7) is 0. The molecule has 0 saturated heterocycles. The van der Waals surface area contributed by atoms with E-state index in [9.17, 15) is 40.8 Å². The zero-order chi connectivity index (χ0) is 22.6. The van der Waals surface area contributed by atoms with Gasteiger partial charge in [0.2, 0.25) is 3.57 Å². The summed E-state index contributed by atoms with van der Waals surface area (Å²) >= 11 is -1.13. The second-order valence-electron chi connectivity index (χ2n) is 4.85. The molecule has 0 spiro atoms. The SMILES string of the molecule is O.O=S(=O)([O-])C(F)(F)F.O=[N+]([O-])c1ccc(F)c([I+]c2ccc(C(F)(F)F)cc2)c1. The van der Waals surface area contributed by atoms with Crippen LogP contribution in [0.2, 0.25) is 0 Å². The van der Waals surface area contributed by atoms with Crippen molar-refractivity contribution in [1.82, 2.24) is 0 Å². The van der Waals surface area contributed by atoms with Crippen LogP contribution in [0.25, 0.3) is 0 Å². The van der Waals surface area contributed by atoms with Crippen molar-refractivity contribution in [2.45, 2.75) is 11.7 Å². The molecule has 2 rings (SSSR count). The summed E-state index contributed by atoms with van der Waals surface area (Å²) in [6, 6.07) is 7.56. The van der Waals surface area contributed by atoms with Gasteiger partial charge in [-0.05, 0) is 30.3 Å². The van der Waals surface area contributed by atoms with E-state index in [-0.39, 0.29) is 14.7 Å². The fraction of sp³-hybridized carbons (Fsp3) is 0.143. The maximum absolute atomic E-state index is 13.6. The van der Waals surface area contributed by atoms with Crippen LogP contribution in [0.4, 0.5) is 36.4 Å². The molecule has 168 valence electrons. The van der Waals surface area contributed by atoms with Gasteiger partial charge in [-0.15, -0.1) is 0 Å². The van der Waals surface area contributed by atoms with Crippen LogP contribution in [0, 0.1) is 23.1 Å². The van der Waals surface area contributed by atoms with Crippen LogP contribution in [-0.4, -0.2) is 28.9 Å². The average molecular weight is 579 g/mol. The summed E-state index contributed by atoms with van der Waals surface area (Å²) in [6.07, 6.45) is -4.42. The second-order valence-corrected chi connectivity index (χ2v) is 9.17. The lowest BCUT2D eigenvalue weighted by Crippen LogP contribution is -3.61. The molecule has 0 aromatic heterocycles. The lowest BCUT2D eigenvalue weighted by molar-refractivity contribution is -0.600. The summed E-state index contributed by atoms with van der Waals surface area (Å²) in [5, 5.41) is 10.6. The third-order valence-corrected chi connectivity index (χ3v) is 6.10. The molecule has 0 aliphatic carbocycles. The molecule has 30 heavy (non-hydrogen) atoms. The molecular formula is C14H9F7INO6S. The minimum Gasteiger partial charge on any atom is -0.741 e. The Morgan fingerprint density at radius 2 is 1.40 bits per heavy atom. The third-order valence-electron chi connectivity index (χ3n) is 2.78. The van der Waals surface area contributed by atoms with Crippen molar-refractivity contribution in [3.05, 3.63) is 71.1 Å². The maximum Gasteiger partial charge on any atom is 0.485 e. The van der Waals surface area contributed by atoms with Crippen molar-refractivity contribution in [2.24, 2.45) is 0 Å². The number of rotatable bonds is 3. The molecule has 2 N–H and O–H groups in total. The molecule has 2 aromatic carbocycles. The Morgan fingerprint density at radius 3 is 1.77 bits per heavy atom. The predicted octanol–water partition coefficient (Wildman–Crippen LogP) is 0.108. The van der Waals surface area contributed by atoms with E-state index in [2.05, 4.69) is 0 Å². The lowest BCUT2D eigenvalue weighted by atomic mass is 10.2. The first-order valence-corrected chi connectivity index (χ1v) is 10.4. The minimum atomic E-state index is -6.09. The molecule has 0 unspecified atom stereocenters. The van der Waals surface area contributed by atoms with Crippen LogP contribution in [0.5, 0.6) is 0 Å². The Balaban J connectivity index is 0.000000801. The summed E-state index contributed by atoms with van der Waals surface area (Å²) in [5.41, 5.74) is -6.67.